The van der Waals surface area contributed by atoms with E-state index in [1.165, 1.54) is 5.57 Å². The Hall–Kier alpha value is -2.69. The molecule has 0 aromatic heterocycles. The maximum Gasteiger partial charge on any atom is 0.312 e. The van der Waals surface area contributed by atoms with E-state index in [0.717, 1.165) is 49.7 Å². The van der Waals surface area contributed by atoms with Gasteiger partial charge in [-0.1, -0.05) is 75.8 Å². The largest absolute Gasteiger partial charge is 0.466 e. The maximum atomic E-state index is 14.6. The highest BCUT2D eigenvalue weighted by atomic mass is 16.5. The van der Waals surface area contributed by atoms with E-state index in [1.54, 1.807) is 0 Å². The molecular formula is C39H54O5. The molecule has 5 heteroatoms. The average Bonchev–Trinajstić information content (AvgIpc) is 2.97. The quantitative estimate of drug-likeness (QED) is 0.220. The third-order valence-electron chi connectivity index (χ3n) is 13.3. The number of rotatable bonds is 8. The van der Waals surface area contributed by atoms with Crippen molar-refractivity contribution in [2.75, 3.05) is 6.61 Å². The van der Waals surface area contributed by atoms with Crippen LogP contribution in [-0.4, -0.2) is 24.3 Å². The van der Waals surface area contributed by atoms with Crippen molar-refractivity contribution in [3.63, 3.8) is 0 Å². The molecule has 3 saturated carbocycles. The summed E-state index contributed by atoms with van der Waals surface area (Å²) in [6.45, 7) is 20.4. The highest BCUT2D eigenvalue weighted by Gasteiger charge is 2.68. The first-order valence-corrected chi connectivity index (χ1v) is 16.9. The van der Waals surface area contributed by atoms with Crippen LogP contribution in [0.1, 0.15) is 112 Å². The Kier molecular flexibility index (Phi) is 8.61. The summed E-state index contributed by atoms with van der Waals surface area (Å²) in [6, 6.07) is 9.86. The van der Waals surface area contributed by atoms with Crippen LogP contribution in [0, 0.1) is 44.8 Å². The van der Waals surface area contributed by atoms with Crippen molar-refractivity contribution in [3.05, 3.63) is 59.7 Å². The Bertz CT molecular complexity index is 1350. The average molecular weight is 603 g/mol. The van der Waals surface area contributed by atoms with E-state index in [2.05, 4.69) is 48.1 Å². The van der Waals surface area contributed by atoms with Gasteiger partial charge in [-0.2, -0.15) is 0 Å². The van der Waals surface area contributed by atoms with Crippen molar-refractivity contribution in [2.45, 2.75) is 113 Å². The van der Waals surface area contributed by atoms with Gasteiger partial charge in [0.05, 0.1) is 12.0 Å². The molecule has 240 valence electrons. The zero-order valence-electron chi connectivity index (χ0n) is 28.2. The number of esters is 2. The highest BCUT2D eigenvalue weighted by Crippen LogP contribution is 2.73. The third-order valence-corrected chi connectivity index (χ3v) is 13.3. The monoisotopic (exact) mass is 602 g/mol. The van der Waals surface area contributed by atoms with Crippen molar-refractivity contribution in [3.8, 4) is 0 Å². The fraction of sp³-hybridized carbons (Fsp3) is 0.667. The molecular weight excluding hydrogens is 548 g/mol. The summed E-state index contributed by atoms with van der Waals surface area (Å²) in [6.07, 6.45) is 9.43. The maximum absolute atomic E-state index is 14.6. The van der Waals surface area contributed by atoms with Crippen LogP contribution in [0.25, 0.3) is 0 Å². The minimum absolute atomic E-state index is 0.0517. The van der Waals surface area contributed by atoms with Gasteiger partial charge in [-0.05, 0) is 117 Å². The van der Waals surface area contributed by atoms with E-state index in [1.807, 2.05) is 43.3 Å². The van der Waals surface area contributed by atoms with Gasteiger partial charge in [0.15, 0.2) is 5.78 Å². The topological polar surface area (TPSA) is 69.7 Å². The second-order valence-electron chi connectivity index (χ2n) is 16.0. The lowest BCUT2D eigenvalue weighted by atomic mass is 9.35. The van der Waals surface area contributed by atoms with Crippen LogP contribution in [0.3, 0.4) is 0 Å². The van der Waals surface area contributed by atoms with Crippen LogP contribution in [0.5, 0.6) is 0 Å². The van der Waals surface area contributed by atoms with Gasteiger partial charge in [-0.3, -0.25) is 14.4 Å². The fourth-order valence-corrected chi connectivity index (χ4v) is 10.4. The summed E-state index contributed by atoms with van der Waals surface area (Å²) in [5, 5.41) is 0. The first-order valence-electron chi connectivity index (χ1n) is 16.9. The summed E-state index contributed by atoms with van der Waals surface area (Å²) in [5.41, 5.74) is 1.99. The molecule has 0 bridgehead atoms. The molecule has 1 aromatic carbocycles. The molecule has 8 atom stereocenters. The van der Waals surface area contributed by atoms with Crippen molar-refractivity contribution in [1.82, 2.24) is 0 Å². The lowest BCUT2D eigenvalue weighted by molar-refractivity contribution is -0.170. The van der Waals surface area contributed by atoms with Gasteiger partial charge in [0, 0.05) is 12.3 Å². The molecule has 0 N–H and O–H groups in total. The Labute approximate surface area is 265 Å². The number of allylic oxidation sites excluding steroid dienone is 3. The summed E-state index contributed by atoms with van der Waals surface area (Å²) in [5.74, 6) is -0.0131. The lowest BCUT2D eigenvalue weighted by Gasteiger charge is -2.68. The molecule has 0 unspecified atom stereocenters. The van der Waals surface area contributed by atoms with Crippen LogP contribution < -0.4 is 0 Å². The van der Waals surface area contributed by atoms with Gasteiger partial charge < -0.3 is 9.47 Å². The molecule has 4 aliphatic rings. The first kappa shape index (κ1) is 32.7. The minimum atomic E-state index is -0.593. The molecule has 0 spiro atoms. The minimum Gasteiger partial charge on any atom is -0.466 e. The van der Waals surface area contributed by atoms with E-state index >= 15 is 0 Å². The Balaban J connectivity index is 1.49. The molecule has 5 nitrogen and oxygen atoms in total. The molecule has 44 heavy (non-hydrogen) atoms. The Morgan fingerprint density at radius 1 is 0.955 bits per heavy atom. The smallest absolute Gasteiger partial charge is 0.312 e. The number of fused-ring (bicyclic) bond motifs is 5. The summed E-state index contributed by atoms with van der Waals surface area (Å²) in [4.78, 5) is 40.8. The SMILES string of the molecule is C=C(C)[C@@H]1CC[C@]2(C)[C@H](C(=O)C=C3[C@@H]4C[C@@](C)(C(=O)OCc5ccccc5)CC[C@]4(C)CC[C@]32C)[C@@]1(C)CCC(=O)OCC. The Morgan fingerprint density at radius 2 is 1.64 bits per heavy atom. The fourth-order valence-electron chi connectivity index (χ4n) is 10.4. The summed E-state index contributed by atoms with van der Waals surface area (Å²) >= 11 is 0. The van der Waals surface area contributed by atoms with Gasteiger partial charge in [0.2, 0.25) is 0 Å². The number of hydrogen-bond donors (Lipinski definition) is 0. The predicted molar refractivity (Wildman–Crippen MR) is 173 cm³/mol. The molecule has 0 amide bonds. The van der Waals surface area contributed by atoms with E-state index in [9.17, 15) is 14.4 Å². The highest BCUT2D eigenvalue weighted by molar-refractivity contribution is 5.96. The van der Waals surface area contributed by atoms with Gasteiger partial charge >= 0.3 is 11.9 Å². The zero-order chi connectivity index (χ0) is 32.1. The van der Waals surface area contributed by atoms with Crippen molar-refractivity contribution in [2.24, 2.45) is 44.8 Å². The second kappa shape index (κ2) is 11.6. The predicted octanol–water partition coefficient (Wildman–Crippen LogP) is 8.81. The van der Waals surface area contributed by atoms with Crippen LogP contribution in [0.15, 0.2) is 54.1 Å². The number of ether oxygens (including phenoxy) is 2. The third kappa shape index (κ3) is 5.20. The number of benzene rings is 1. The molecule has 3 fully saturated rings. The van der Waals surface area contributed by atoms with Crippen LogP contribution >= 0.6 is 0 Å². The van der Waals surface area contributed by atoms with Crippen molar-refractivity contribution in [1.29, 1.82) is 0 Å². The zero-order valence-corrected chi connectivity index (χ0v) is 28.2. The number of ketones is 1. The number of hydrogen-bond acceptors (Lipinski definition) is 5. The normalized spacial score (nSPS) is 39.7. The van der Waals surface area contributed by atoms with Crippen molar-refractivity contribution < 1.29 is 23.9 Å². The molecule has 0 radical (unpaired) electrons. The van der Waals surface area contributed by atoms with Gasteiger partial charge in [0.25, 0.3) is 0 Å². The Morgan fingerprint density at radius 3 is 2.30 bits per heavy atom. The van der Waals surface area contributed by atoms with Crippen molar-refractivity contribution >= 4 is 17.7 Å². The summed E-state index contributed by atoms with van der Waals surface area (Å²) in [7, 11) is 0. The van der Waals surface area contributed by atoms with Gasteiger partial charge in [0.1, 0.15) is 6.61 Å². The number of carbonyl (C=O) groups is 3. The molecule has 0 saturated heterocycles. The first-order chi connectivity index (χ1) is 20.6. The van der Waals surface area contributed by atoms with E-state index in [-0.39, 0.29) is 58.3 Å². The van der Waals surface area contributed by atoms with Crippen LogP contribution in [0.2, 0.25) is 0 Å². The van der Waals surface area contributed by atoms with Crippen LogP contribution in [0.4, 0.5) is 0 Å². The van der Waals surface area contributed by atoms with E-state index in [0.29, 0.717) is 25.9 Å². The van der Waals surface area contributed by atoms with E-state index in [4.69, 9.17) is 9.47 Å². The van der Waals surface area contributed by atoms with Crippen LogP contribution in [-0.2, 0) is 30.5 Å². The molecule has 1 aromatic rings. The molecule has 0 heterocycles. The van der Waals surface area contributed by atoms with E-state index < -0.39 is 10.8 Å². The lowest BCUT2D eigenvalue weighted by Crippen LogP contribution is -2.63. The van der Waals surface area contributed by atoms with Gasteiger partial charge in [-0.25, -0.2) is 0 Å². The molecule has 5 rings (SSSR count). The second-order valence-corrected chi connectivity index (χ2v) is 16.0. The molecule has 4 aliphatic carbocycles. The number of carbonyl (C=O) groups excluding carboxylic acids is 3. The van der Waals surface area contributed by atoms with Gasteiger partial charge in [-0.15, -0.1) is 0 Å². The molecule has 0 aliphatic heterocycles. The standard InChI is InChI=1S/C39H54O5/c1-9-43-32(41)16-17-37(6)28(26(2)3)15-18-39(8)33(37)31(40)23-29-30-24-36(5,20-19-35(30,4)21-22-38(29,39)7)34(42)44-25-27-13-11-10-12-14-27/h10-14,23,28,30,33H,2,9,15-22,24-25H2,1,3-8H3/t28-,30-,33+,35+,36-,37-,38+,39+/m0/s1. The summed E-state index contributed by atoms with van der Waals surface area (Å²) < 4.78 is 11.2.